The van der Waals surface area contributed by atoms with E-state index in [1.54, 1.807) is 48.5 Å². The fourth-order valence-corrected chi connectivity index (χ4v) is 5.82. The molecule has 6 amide bonds. The van der Waals surface area contributed by atoms with Crippen molar-refractivity contribution in [1.82, 2.24) is 26.6 Å². The van der Waals surface area contributed by atoms with E-state index in [1.165, 1.54) is 11.8 Å². The molecule has 0 fully saturated rings. The molecule has 296 valence electrons. The van der Waals surface area contributed by atoms with Crippen molar-refractivity contribution in [2.45, 2.75) is 82.6 Å². The maximum Gasteiger partial charge on any atom is 0.243 e. The lowest BCUT2D eigenvalue weighted by molar-refractivity contribution is -0.133. The zero-order chi connectivity index (χ0) is 40.0. The smallest absolute Gasteiger partial charge is 0.243 e. The van der Waals surface area contributed by atoms with Gasteiger partial charge in [-0.2, -0.15) is 11.8 Å². The fourth-order valence-electron chi connectivity index (χ4n) is 5.35. The average molecular weight is 769 g/mol. The average Bonchev–Trinajstić information content (AvgIpc) is 3.13. The van der Waals surface area contributed by atoms with Gasteiger partial charge in [0.25, 0.3) is 0 Å². The maximum atomic E-state index is 13.9. The predicted octanol–water partition coefficient (Wildman–Crippen LogP) is -0.807. The van der Waals surface area contributed by atoms with E-state index in [0.717, 1.165) is 11.1 Å². The molecule has 0 radical (unpaired) electrons. The molecule has 16 nitrogen and oxygen atoms in total. The van der Waals surface area contributed by atoms with Crippen LogP contribution in [0.2, 0.25) is 0 Å². The lowest BCUT2D eigenvalue weighted by atomic mass is 10.0. The molecule has 0 aliphatic rings. The second-order valence-corrected chi connectivity index (χ2v) is 14.3. The summed E-state index contributed by atoms with van der Waals surface area (Å²) in [7, 11) is 0. The van der Waals surface area contributed by atoms with E-state index >= 15 is 0 Å². The standard InChI is InChI=1S/C37H56N10O6S/c1-23(2)19-28(35(52)45-27(32(39)49)16-18-54-3)44-31(48)22-43-34(51)29(20-24-11-6-4-7-12-24)47-36(53)30(21-25-13-8-5-9-14-25)46-33(50)26(38)15-10-17-42-37(40)41/h4-9,11-14,23,26-30H,10,15-22,38H2,1-3H3,(H2,39,49)(H,43,51)(H,44,48)(H,45,52)(H,46,50)(H,47,53)(H4,40,41,42). The minimum Gasteiger partial charge on any atom is -0.370 e. The van der Waals surface area contributed by atoms with E-state index in [-0.39, 0.29) is 44.1 Å². The molecule has 2 aromatic rings. The first-order chi connectivity index (χ1) is 25.7. The molecule has 0 saturated heterocycles. The van der Waals surface area contributed by atoms with Gasteiger partial charge in [0.15, 0.2) is 5.96 Å². The second-order valence-electron chi connectivity index (χ2n) is 13.3. The molecule has 0 bridgehead atoms. The topological polar surface area (TPSA) is 279 Å². The molecule has 0 aliphatic carbocycles. The van der Waals surface area contributed by atoms with Crippen LogP contribution in [0.5, 0.6) is 0 Å². The number of thioether (sulfide) groups is 1. The van der Waals surface area contributed by atoms with E-state index < -0.39 is 72.2 Å². The SMILES string of the molecule is CSCCC(NC(=O)C(CC(C)C)NC(=O)CNC(=O)C(Cc1ccccc1)NC(=O)C(Cc1ccccc1)NC(=O)C(N)CCCN=C(N)N)C(N)=O. The largest absolute Gasteiger partial charge is 0.370 e. The Morgan fingerprint density at radius 2 is 1.20 bits per heavy atom. The highest BCUT2D eigenvalue weighted by molar-refractivity contribution is 7.98. The number of guanidine groups is 1. The van der Waals surface area contributed by atoms with Crippen LogP contribution in [-0.4, -0.2) is 96.7 Å². The highest BCUT2D eigenvalue weighted by atomic mass is 32.2. The number of benzene rings is 2. The minimum atomic E-state index is -1.15. The van der Waals surface area contributed by atoms with Gasteiger partial charge in [0.1, 0.15) is 24.2 Å². The zero-order valence-corrected chi connectivity index (χ0v) is 32.0. The first kappa shape index (κ1) is 45.0. The summed E-state index contributed by atoms with van der Waals surface area (Å²) < 4.78 is 0. The molecule has 0 aliphatic heterocycles. The monoisotopic (exact) mass is 768 g/mol. The number of primary amides is 1. The third-order valence-electron chi connectivity index (χ3n) is 8.19. The van der Waals surface area contributed by atoms with Crippen molar-refractivity contribution in [2.75, 3.05) is 25.1 Å². The second kappa shape index (κ2) is 24.2. The Hall–Kier alpha value is -5.16. The van der Waals surface area contributed by atoms with Crippen LogP contribution in [0.4, 0.5) is 0 Å². The van der Waals surface area contributed by atoms with Crippen molar-refractivity contribution in [3.05, 3.63) is 71.8 Å². The number of nitrogens with zero attached hydrogens (tertiary/aromatic N) is 1. The molecule has 2 rings (SSSR count). The first-order valence-corrected chi connectivity index (χ1v) is 19.2. The summed E-state index contributed by atoms with van der Waals surface area (Å²) in [5, 5.41) is 13.3. The van der Waals surface area contributed by atoms with Crippen molar-refractivity contribution in [3.8, 4) is 0 Å². The Bertz CT molecular complexity index is 1540. The van der Waals surface area contributed by atoms with Crippen molar-refractivity contribution < 1.29 is 28.8 Å². The van der Waals surface area contributed by atoms with Gasteiger partial charge in [0.05, 0.1) is 12.6 Å². The summed E-state index contributed by atoms with van der Waals surface area (Å²) in [6.45, 7) is 3.53. The van der Waals surface area contributed by atoms with Gasteiger partial charge in [-0.3, -0.25) is 33.8 Å². The molecular formula is C37H56N10O6S. The van der Waals surface area contributed by atoms with Crippen molar-refractivity contribution in [1.29, 1.82) is 0 Å². The Kier molecular flexibility index (Phi) is 20.2. The van der Waals surface area contributed by atoms with Crippen LogP contribution in [0.3, 0.4) is 0 Å². The van der Waals surface area contributed by atoms with E-state index in [9.17, 15) is 28.8 Å². The van der Waals surface area contributed by atoms with Gasteiger partial charge in [-0.1, -0.05) is 74.5 Å². The van der Waals surface area contributed by atoms with Gasteiger partial charge in [0, 0.05) is 19.4 Å². The van der Waals surface area contributed by atoms with Gasteiger partial charge in [0.2, 0.25) is 35.4 Å². The zero-order valence-electron chi connectivity index (χ0n) is 31.2. The highest BCUT2D eigenvalue weighted by Gasteiger charge is 2.30. The number of carbonyl (C=O) groups is 6. The van der Waals surface area contributed by atoms with E-state index in [2.05, 4.69) is 31.6 Å². The Labute approximate surface area is 321 Å². The maximum absolute atomic E-state index is 13.9. The van der Waals surface area contributed by atoms with Crippen LogP contribution in [0.15, 0.2) is 65.7 Å². The molecule has 13 N–H and O–H groups in total. The van der Waals surface area contributed by atoms with Crippen LogP contribution >= 0.6 is 11.8 Å². The number of hydrogen-bond acceptors (Lipinski definition) is 9. The number of rotatable bonds is 24. The highest BCUT2D eigenvalue weighted by Crippen LogP contribution is 2.10. The molecule has 5 unspecified atom stereocenters. The summed E-state index contributed by atoms with van der Waals surface area (Å²) in [6, 6.07) is 12.9. The van der Waals surface area contributed by atoms with Gasteiger partial charge in [-0.15, -0.1) is 0 Å². The first-order valence-electron chi connectivity index (χ1n) is 17.8. The molecule has 0 heterocycles. The summed E-state index contributed by atoms with van der Waals surface area (Å²) in [4.78, 5) is 82.7. The van der Waals surface area contributed by atoms with Gasteiger partial charge in [-0.25, -0.2) is 0 Å². The lowest BCUT2D eigenvalue weighted by Gasteiger charge is -2.25. The third-order valence-corrected chi connectivity index (χ3v) is 8.83. The third kappa shape index (κ3) is 17.6. The van der Waals surface area contributed by atoms with Gasteiger partial charge >= 0.3 is 0 Å². The van der Waals surface area contributed by atoms with Crippen molar-refractivity contribution in [2.24, 2.45) is 33.8 Å². The molecule has 54 heavy (non-hydrogen) atoms. The number of hydrogen-bond donors (Lipinski definition) is 9. The van der Waals surface area contributed by atoms with Crippen LogP contribution in [0, 0.1) is 5.92 Å². The quantitative estimate of drug-likeness (QED) is 0.0364. The van der Waals surface area contributed by atoms with Crippen molar-refractivity contribution in [3.63, 3.8) is 0 Å². The van der Waals surface area contributed by atoms with Gasteiger partial charge < -0.3 is 49.5 Å². The van der Waals surface area contributed by atoms with Crippen LogP contribution < -0.4 is 49.5 Å². The Morgan fingerprint density at radius 1 is 0.685 bits per heavy atom. The molecule has 0 spiro atoms. The molecule has 2 aromatic carbocycles. The predicted molar refractivity (Wildman–Crippen MR) is 211 cm³/mol. The number of amides is 6. The summed E-state index contributed by atoms with van der Waals surface area (Å²) >= 11 is 1.50. The molecule has 5 atom stereocenters. The normalized spacial score (nSPS) is 13.6. The van der Waals surface area contributed by atoms with Crippen LogP contribution in [0.25, 0.3) is 0 Å². The molecular weight excluding hydrogens is 713 g/mol. The van der Waals surface area contributed by atoms with Crippen LogP contribution in [-0.2, 0) is 41.6 Å². The lowest BCUT2D eigenvalue weighted by Crippen LogP contribution is -2.58. The number of nitrogens with one attached hydrogen (secondary N) is 5. The fraction of sp³-hybridized carbons (Fsp3) is 0.486. The molecule has 0 aromatic heterocycles. The van der Waals surface area contributed by atoms with E-state index in [4.69, 9.17) is 22.9 Å². The minimum absolute atomic E-state index is 0.00268. The van der Waals surface area contributed by atoms with Crippen molar-refractivity contribution >= 4 is 53.2 Å². The summed E-state index contributed by atoms with van der Waals surface area (Å²) in [5.41, 5.74) is 23.8. The number of aliphatic imine (C=N–C) groups is 1. The Morgan fingerprint density at radius 3 is 1.72 bits per heavy atom. The Balaban J connectivity index is 2.21. The van der Waals surface area contributed by atoms with E-state index in [0.29, 0.717) is 18.6 Å². The molecule has 0 saturated carbocycles. The van der Waals surface area contributed by atoms with E-state index in [1.807, 2.05) is 32.2 Å². The number of nitrogens with two attached hydrogens (primary N) is 4. The number of carbonyl (C=O) groups excluding carboxylic acids is 6. The summed E-state index contributed by atoms with van der Waals surface area (Å²) in [6.07, 6.45) is 3.33. The molecule has 17 heteroatoms. The van der Waals surface area contributed by atoms with Gasteiger partial charge in [-0.05, 0) is 54.7 Å². The summed E-state index contributed by atoms with van der Waals surface area (Å²) in [5.74, 6) is -3.25. The van der Waals surface area contributed by atoms with Crippen LogP contribution in [0.1, 0.15) is 50.7 Å².